The molecule has 1 aromatic carbocycles. The number of nitrogens with one attached hydrogen (secondary N) is 1. The van der Waals surface area contributed by atoms with Crippen molar-refractivity contribution in [2.24, 2.45) is 0 Å². The Morgan fingerprint density at radius 1 is 1.24 bits per heavy atom. The van der Waals surface area contributed by atoms with Crippen LogP contribution in [0.4, 0.5) is 0 Å². The summed E-state index contributed by atoms with van der Waals surface area (Å²) in [5.74, 6) is 1.10. The van der Waals surface area contributed by atoms with Gasteiger partial charge < -0.3 is 14.8 Å². The minimum Gasteiger partial charge on any atom is -0.486 e. The molecule has 1 fully saturated rings. The van der Waals surface area contributed by atoms with E-state index in [0.717, 1.165) is 0 Å². The predicted octanol–water partition coefficient (Wildman–Crippen LogP) is 0.862. The highest BCUT2D eigenvalue weighted by Crippen LogP contribution is 2.33. The molecule has 3 rings (SSSR count). The van der Waals surface area contributed by atoms with Gasteiger partial charge in [-0.25, -0.2) is 8.42 Å². The van der Waals surface area contributed by atoms with E-state index in [9.17, 15) is 8.42 Å². The highest BCUT2D eigenvalue weighted by molar-refractivity contribution is 7.89. The minimum atomic E-state index is -3.49. The van der Waals surface area contributed by atoms with E-state index in [4.69, 9.17) is 9.47 Å². The van der Waals surface area contributed by atoms with Crippen molar-refractivity contribution in [3.05, 3.63) is 18.2 Å². The minimum absolute atomic E-state index is 0. The second-order valence-electron chi connectivity index (χ2n) is 4.97. The fourth-order valence-corrected chi connectivity index (χ4v) is 4.15. The van der Waals surface area contributed by atoms with Crippen LogP contribution in [0.15, 0.2) is 23.1 Å². The Kier molecular flexibility index (Phi) is 4.98. The van der Waals surface area contributed by atoms with Crippen LogP contribution in [0, 0.1) is 0 Å². The highest BCUT2D eigenvalue weighted by Gasteiger charge is 2.31. The summed E-state index contributed by atoms with van der Waals surface area (Å²) in [6.45, 7) is 4.67. The maximum absolute atomic E-state index is 12.7. The topological polar surface area (TPSA) is 67.9 Å². The molecule has 0 amide bonds. The largest absolute Gasteiger partial charge is 0.486 e. The molecule has 2 heterocycles. The maximum atomic E-state index is 12.7. The smallest absolute Gasteiger partial charge is 0.243 e. The molecule has 2 aliphatic heterocycles. The molecule has 0 saturated carbocycles. The second kappa shape index (κ2) is 6.39. The molecule has 0 aliphatic carbocycles. The number of nitrogens with zero attached hydrogens (tertiary/aromatic N) is 1. The van der Waals surface area contributed by atoms with E-state index in [1.807, 2.05) is 6.92 Å². The molecule has 0 aromatic heterocycles. The van der Waals surface area contributed by atoms with Crippen LogP contribution >= 0.6 is 12.4 Å². The molecule has 1 N–H and O–H groups in total. The Bertz CT molecular complexity index is 608. The quantitative estimate of drug-likeness (QED) is 0.869. The Labute approximate surface area is 130 Å². The molecule has 0 spiro atoms. The summed E-state index contributed by atoms with van der Waals surface area (Å²) in [7, 11) is -3.49. The van der Waals surface area contributed by atoms with Gasteiger partial charge in [0.15, 0.2) is 11.5 Å². The Balaban J connectivity index is 0.00000161. The fraction of sp³-hybridized carbons (Fsp3) is 0.538. The van der Waals surface area contributed by atoms with Crippen molar-refractivity contribution in [3.63, 3.8) is 0 Å². The molecular formula is C13H19ClN2O4S. The van der Waals surface area contributed by atoms with Crippen molar-refractivity contribution < 1.29 is 17.9 Å². The zero-order chi connectivity index (χ0) is 14.2. The summed E-state index contributed by atoms with van der Waals surface area (Å²) in [6, 6.07) is 4.74. The van der Waals surface area contributed by atoms with Crippen LogP contribution in [0.2, 0.25) is 0 Å². The van der Waals surface area contributed by atoms with Gasteiger partial charge >= 0.3 is 0 Å². The maximum Gasteiger partial charge on any atom is 0.243 e. The summed E-state index contributed by atoms with van der Waals surface area (Å²) < 4.78 is 37.8. The average Bonchev–Trinajstić information content (AvgIpc) is 2.47. The first-order valence-corrected chi connectivity index (χ1v) is 8.15. The van der Waals surface area contributed by atoms with Gasteiger partial charge in [-0.05, 0) is 19.1 Å². The number of fused-ring (bicyclic) bond motifs is 1. The average molecular weight is 335 g/mol. The summed E-state index contributed by atoms with van der Waals surface area (Å²) in [6.07, 6.45) is 0. The zero-order valence-electron chi connectivity index (χ0n) is 11.7. The van der Waals surface area contributed by atoms with Gasteiger partial charge in [0.25, 0.3) is 0 Å². The third kappa shape index (κ3) is 3.11. The zero-order valence-corrected chi connectivity index (χ0v) is 13.4. The molecule has 0 radical (unpaired) electrons. The molecule has 8 heteroatoms. The first kappa shape index (κ1) is 16.4. The Hall–Kier alpha value is -1.02. The predicted molar refractivity (Wildman–Crippen MR) is 80.9 cm³/mol. The highest BCUT2D eigenvalue weighted by atomic mass is 35.5. The van der Waals surface area contributed by atoms with Crippen LogP contribution in [-0.4, -0.2) is 51.6 Å². The lowest BCUT2D eigenvalue weighted by molar-refractivity contribution is 0.171. The SMILES string of the molecule is C[C@H]1CNCCN1S(=O)(=O)c1ccc2c(c1)OCCO2.Cl. The number of ether oxygens (including phenoxy) is 2. The van der Waals surface area contributed by atoms with E-state index in [-0.39, 0.29) is 23.3 Å². The summed E-state index contributed by atoms with van der Waals surface area (Å²) in [5, 5.41) is 3.19. The van der Waals surface area contributed by atoms with Crippen LogP contribution in [0.1, 0.15) is 6.92 Å². The first-order valence-electron chi connectivity index (χ1n) is 6.71. The molecule has 2 aliphatic rings. The van der Waals surface area contributed by atoms with Gasteiger partial charge in [0.05, 0.1) is 4.90 Å². The lowest BCUT2D eigenvalue weighted by Crippen LogP contribution is -2.52. The van der Waals surface area contributed by atoms with Gasteiger partial charge in [-0.15, -0.1) is 12.4 Å². The molecule has 6 nitrogen and oxygen atoms in total. The number of benzene rings is 1. The molecule has 1 atom stereocenters. The fourth-order valence-electron chi connectivity index (χ4n) is 2.50. The summed E-state index contributed by atoms with van der Waals surface area (Å²) in [5.41, 5.74) is 0. The van der Waals surface area contributed by atoms with Gasteiger partial charge in [-0.3, -0.25) is 0 Å². The number of halogens is 1. The van der Waals surface area contributed by atoms with Crippen LogP contribution in [0.3, 0.4) is 0 Å². The van der Waals surface area contributed by atoms with E-state index >= 15 is 0 Å². The molecule has 1 aromatic rings. The van der Waals surface area contributed by atoms with E-state index in [1.54, 1.807) is 18.2 Å². The number of sulfonamides is 1. The van der Waals surface area contributed by atoms with Crippen molar-refractivity contribution in [1.29, 1.82) is 0 Å². The number of piperazine rings is 1. The lowest BCUT2D eigenvalue weighted by Gasteiger charge is -2.33. The monoisotopic (exact) mass is 334 g/mol. The van der Waals surface area contributed by atoms with Gasteiger partial charge in [-0.2, -0.15) is 4.31 Å². The second-order valence-corrected chi connectivity index (χ2v) is 6.86. The van der Waals surface area contributed by atoms with E-state index in [1.165, 1.54) is 4.31 Å². The van der Waals surface area contributed by atoms with Gasteiger partial charge in [-0.1, -0.05) is 0 Å². The van der Waals surface area contributed by atoms with Crippen LogP contribution in [0.25, 0.3) is 0 Å². The van der Waals surface area contributed by atoms with Crippen molar-refractivity contribution in [2.45, 2.75) is 17.9 Å². The molecule has 21 heavy (non-hydrogen) atoms. The van der Waals surface area contributed by atoms with E-state index in [2.05, 4.69) is 5.32 Å². The summed E-state index contributed by atoms with van der Waals surface area (Å²) >= 11 is 0. The number of rotatable bonds is 2. The number of hydrogen-bond donors (Lipinski definition) is 1. The normalized spacial score (nSPS) is 22.4. The van der Waals surface area contributed by atoms with Gasteiger partial charge in [0.2, 0.25) is 10.0 Å². The third-order valence-corrected chi connectivity index (χ3v) is 5.57. The van der Waals surface area contributed by atoms with Crippen LogP contribution in [0.5, 0.6) is 11.5 Å². The lowest BCUT2D eigenvalue weighted by atomic mass is 10.3. The van der Waals surface area contributed by atoms with Gasteiger partial charge in [0, 0.05) is 31.7 Å². The standard InChI is InChI=1S/C13H18N2O4S.ClH/c1-10-9-14-4-5-15(10)20(16,17)11-2-3-12-13(8-11)19-7-6-18-12;/h2-3,8,10,14H,4-7,9H2,1H3;1H/t10-;/m0./s1. The first-order chi connectivity index (χ1) is 9.59. The third-order valence-electron chi connectivity index (χ3n) is 3.56. The number of hydrogen-bond acceptors (Lipinski definition) is 5. The van der Waals surface area contributed by atoms with E-state index < -0.39 is 10.0 Å². The molecular weight excluding hydrogens is 316 g/mol. The van der Waals surface area contributed by atoms with Crippen molar-refractivity contribution in [3.8, 4) is 11.5 Å². The molecule has 118 valence electrons. The van der Waals surface area contributed by atoms with Crippen LogP contribution < -0.4 is 14.8 Å². The van der Waals surface area contributed by atoms with Crippen LogP contribution in [-0.2, 0) is 10.0 Å². The Morgan fingerprint density at radius 3 is 2.67 bits per heavy atom. The molecule has 0 bridgehead atoms. The van der Waals surface area contributed by atoms with E-state index in [0.29, 0.717) is 44.3 Å². The van der Waals surface area contributed by atoms with Crippen molar-refractivity contribution in [1.82, 2.24) is 9.62 Å². The summed E-state index contributed by atoms with van der Waals surface area (Å²) in [4.78, 5) is 0.260. The van der Waals surface area contributed by atoms with Crippen molar-refractivity contribution in [2.75, 3.05) is 32.8 Å². The van der Waals surface area contributed by atoms with Crippen molar-refractivity contribution >= 4 is 22.4 Å². The molecule has 0 unspecified atom stereocenters. The van der Waals surface area contributed by atoms with Gasteiger partial charge in [0.1, 0.15) is 13.2 Å². The Morgan fingerprint density at radius 2 is 1.95 bits per heavy atom. The molecule has 1 saturated heterocycles.